The van der Waals surface area contributed by atoms with Crippen molar-refractivity contribution in [3.8, 4) is 22.3 Å². The highest BCUT2D eigenvalue weighted by atomic mass is 14.3. The lowest BCUT2D eigenvalue weighted by molar-refractivity contribution is 0.589. The van der Waals surface area contributed by atoms with Crippen molar-refractivity contribution in [1.29, 1.82) is 0 Å². The summed E-state index contributed by atoms with van der Waals surface area (Å²) in [5.74, 6) is 0. The average Bonchev–Trinajstić information content (AvgIpc) is 3.41. The molecule has 0 nitrogen and oxygen atoms in total. The standard InChI is InChI=1S/C44H44.C4H10.C2H4/c1-42(2,3)30-20-21-33-34(24-30)39(28-18-14-11-15-19-28)41-36-26-32(44(7,8)9)23-29-22-31(43(4,5)6)25-35(37(29)36)40(41)38(33)27-16-12-10-13-17-27;1-3-4-2;1-2/h10-26H,1-9H3;3-4H2,1-2H3;1-2H2. The van der Waals surface area contributed by atoms with Crippen molar-refractivity contribution in [2.24, 2.45) is 0 Å². The van der Waals surface area contributed by atoms with Crippen LogP contribution < -0.4 is 10.4 Å². The summed E-state index contributed by atoms with van der Waals surface area (Å²) in [6, 6.07) is 17.2. The van der Waals surface area contributed by atoms with E-state index >= 15 is 0 Å². The Morgan fingerprint density at radius 3 is 1.30 bits per heavy atom. The summed E-state index contributed by atoms with van der Waals surface area (Å²) in [5.41, 5.74) is 12.3. The molecule has 0 spiro atoms. The number of fused-ring (bicyclic) bond motifs is 4. The molecule has 0 amide bonds. The Labute approximate surface area is 303 Å². The van der Waals surface area contributed by atoms with E-state index in [1.165, 1.54) is 94.9 Å². The summed E-state index contributed by atoms with van der Waals surface area (Å²) in [6.45, 7) is 31.4. The minimum absolute atomic E-state index is 0.0246. The van der Waals surface area contributed by atoms with Crippen LogP contribution in [0, 0.1) is 12.8 Å². The average molecular weight is 659 g/mol. The van der Waals surface area contributed by atoms with Crippen LogP contribution in [0.15, 0.2) is 104 Å². The quantitative estimate of drug-likeness (QED) is 0.157. The van der Waals surface area contributed by atoms with Crippen molar-refractivity contribution >= 4 is 32.7 Å². The van der Waals surface area contributed by atoms with Crippen LogP contribution >= 0.6 is 0 Å². The third-order valence-electron chi connectivity index (χ3n) is 10.1. The predicted octanol–water partition coefficient (Wildman–Crippen LogP) is 13.1. The number of hydrogen-bond donors (Lipinski definition) is 0. The first kappa shape index (κ1) is 37.1. The summed E-state index contributed by atoms with van der Waals surface area (Å²) in [5, 5.41) is 8.09. The van der Waals surface area contributed by atoms with E-state index in [2.05, 4.69) is 193 Å². The Morgan fingerprint density at radius 2 is 0.920 bits per heavy atom. The van der Waals surface area contributed by atoms with Crippen LogP contribution in [0.4, 0.5) is 0 Å². The Hall–Kier alpha value is -4.16. The molecule has 258 valence electrons. The molecule has 0 aromatic heterocycles. The highest BCUT2D eigenvalue weighted by Crippen LogP contribution is 2.49. The monoisotopic (exact) mass is 658 g/mol. The van der Waals surface area contributed by atoms with Gasteiger partial charge in [0.05, 0.1) is 0 Å². The fourth-order valence-corrected chi connectivity index (χ4v) is 7.08. The van der Waals surface area contributed by atoms with E-state index in [0.29, 0.717) is 0 Å². The summed E-state index contributed by atoms with van der Waals surface area (Å²) < 4.78 is 0. The van der Waals surface area contributed by atoms with E-state index in [-0.39, 0.29) is 16.2 Å². The van der Waals surface area contributed by atoms with Crippen LogP contribution in [-0.4, -0.2) is 0 Å². The molecule has 3 aliphatic rings. The van der Waals surface area contributed by atoms with Gasteiger partial charge in [0.25, 0.3) is 0 Å². The SMILES string of the molecule is C=C.CC(C)(C)c1cc2c3c(cc(C(C)(C)C)cc3c1)-c1c-2/c(=C2\[CH]C=CC=C2)c2cc(C(C)(C)C)ccc2/c1=C1\[CH]C=CC=C1.CCCC. The van der Waals surface area contributed by atoms with Gasteiger partial charge in [-0.2, -0.15) is 0 Å². The minimum Gasteiger partial charge on any atom is -0.106 e. The zero-order valence-electron chi connectivity index (χ0n) is 32.6. The van der Waals surface area contributed by atoms with Crippen molar-refractivity contribution in [1.82, 2.24) is 0 Å². The van der Waals surface area contributed by atoms with Crippen molar-refractivity contribution in [3.63, 3.8) is 0 Å². The van der Waals surface area contributed by atoms with Crippen LogP contribution in [0.25, 0.3) is 54.9 Å². The first-order valence-corrected chi connectivity index (χ1v) is 18.5. The van der Waals surface area contributed by atoms with Crippen molar-refractivity contribution in [2.75, 3.05) is 0 Å². The van der Waals surface area contributed by atoms with Gasteiger partial charge in [-0.05, 0) is 117 Å². The van der Waals surface area contributed by atoms with Gasteiger partial charge < -0.3 is 0 Å². The van der Waals surface area contributed by atoms with Crippen molar-refractivity contribution < 1.29 is 0 Å². The van der Waals surface area contributed by atoms with Gasteiger partial charge in [-0.25, -0.2) is 0 Å². The maximum absolute atomic E-state index is 3.00. The lowest BCUT2D eigenvalue weighted by atomic mass is 9.81. The molecule has 2 radical (unpaired) electrons. The number of hydrogen-bond acceptors (Lipinski definition) is 0. The number of allylic oxidation sites excluding steroid dienone is 8. The van der Waals surface area contributed by atoms with Gasteiger partial charge in [0.15, 0.2) is 0 Å². The highest BCUT2D eigenvalue weighted by Gasteiger charge is 2.31. The second-order valence-corrected chi connectivity index (χ2v) is 16.9. The van der Waals surface area contributed by atoms with E-state index in [1.54, 1.807) is 0 Å². The fraction of sp³-hybridized carbons (Fsp3) is 0.320. The van der Waals surface area contributed by atoms with E-state index in [0.717, 1.165) is 0 Å². The third kappa shape index (κ3) is 6.92. The molecule has 0 atom stereocenters. The van der Waals surface area contributed by atoms with Gasteiger partial charge in [-0.1, -0.05) is 162 Å². The predicted molar refractivity (Wildman–Crippen MR) is 225 cm³/mol. The molecule has 0 unspecified atom stereocenters. The molecule has 0 N–H and O–H groups in total. The van der Waals surface area contributed by atoms with E-state index < -0.39 is 0 Å². The molecule has 0 bridgehead atoms. The molecule has 4 aromatic rings. The molecular formula is C50H58. The first-order valence-electron chi connectivity index (χ1n) is 18.5. The van der Waals surface area contributed by atoms with E-state index in [4.69, 9.17) is 0 Å². The Morgan fingerprint density at radius 1 is 0.480 bits per heavy atom. The second-order valence-electron chi connectivity index (χ2n) is 16.9. The normalized spacial score (nSPS) is 17.0. The zero-order chi connectivity index (χ0) is 36.6. The van der Waals surface area contributed by atoms with Gasteiger partial charge in [0.1, 0.15) is 0 Å². The Balaban J connectivity index is 0.000000758. The molecule has 4 aromatic carbocycles. The third-order valence-corrected chi connectivity index (χ3v) is 10.1. The van der Waals surface area contributed by atoms with Crippen LogP contribution in [0.1, 0.15) is 106 Å². The zero-order valence-corrected chi connectivity index (χ0v) is 32.6. The number of rotatable bonds is 1. The second kappa shape index (κ2) is 14.2. The first-order chi connectivity index (χ1) is 23.6. The van der Waals surface area contributed by atoms with Crippen molar-refractivity contribution in [3.05, 3.63) is 144 Å². The smallest absolute Gasteiger partial charge is 0.0131 e. The molecule has 50 heavy (non-hydrogen) atoms. The lowest BCUT2D eigenvalue weighted by Gasteiger charge is -2.23. The summed E-state index contributed by atoms with van der Waals surface area (Å²) in [6.07, 6.45) is 24.8. The van der Waals surface area contributed by atoms with Gasteiger partial charge in [-0.15, -0.1) is 13.2 Å². The molecular weight excluding hydrogens is 601 g/mol. The van der Waals surface area contributed by atoms with Gasteiger partial charge in [0, 0.05) is 12.8 Å². The summed E-state index contributed by atoms with van der Waals surface area (Å²) >= 11 is 0. The van der Waals surface area contributed by atoms with E-state index in [1.807, 2.05) is 0 Å². The fourth-order valence-electron chi connectivity index (χ4n) is 7.08. The van der Waals surface area contributed by atoms with Crippen LogP contribution in [0.2, 0.25) is 0 Å². The van der Waals surface area contributed by atoms with Gasteiger partial charge in [-0.3, -0.25) is 0 Å². The Bertz CT molecular complexity index is 2180. The minimum atomic E-state index is 0.0246. The molecule has 3 aliphatic carbocycles. The molecule has 0 saturated carbocycles. The van der Waals surface area contributed by atoms with Crippen LogP contribution in [-0.2, 0) is 16.2 Å². The number of benzene rings is 4. The van der Waals surface area contributed by atoms with Crippen LogP contribution in [0.3, 0.4) is 0 Å². The number of unbranched alkanes of at least 4 members (excludes halogenated alkanes) is 1. The maximum Gasteiger partial charge on any atom is 0.0131 e. The Kier molecular flexibility index (Phi) is 10.6. The molecule has 7 rings (SSSR count). The van der Waals surface area contributed by atoms with Crippen molar-refractivity contribution in [2.45, 2.75) is 105 Å². The van der Waals surface area contributed by atoms with Gasteiger partial charge in [0.2, 0.25) is 0 Å². The molecule has 0 aliphatic heterocycles. The summed E-state index contributed by atoms with van der Waals surface area (Å²) in [4.78, 5) is 0. The lowest BCUT2D eigenvalue weighted by Crippen LogP contribution is -2.23. The highest BCUT2D eigenvalue weighted by molar-refractivity contribution is 6.19. The molecule has 0 saturated heterocycles. The maximum atomic E-state index is 3.00. The van der Waals surface area contributed by atoms with Crippen LogP contribution in [0.5, 0.6) is 0 Å². The molecule has 0 heteroatoms. The molecule has 0 heterocycles. The summed E-state index contributed by atoms with van der Waals surface area (Å²) in [7, 11) is 0. The molecule has 0 fully saturated rings. The largest absolute Gasteiger partial charge is 0.106 e. The van der Waals surface area contributed by atoms with Gasteiger partial charge >= 0.3 is 0 Å². The topological polar surface area (TPSA) is 0 Å². The van der Waals surface area contributed by atoms with E-state index in [9.17, 15) is 0 Å².